The van der Waals surface area contributed by atoms with E-state index < -0.39 is 21.7 Å². The molecule has 1 aromatic rings. The summed E-state index contributed by atoms with van der Waals surface area (Å²) in [6, 6.07) is 2.22. The molecule has 1 fully saturated rings. The van der Waals surface area contributed by atoms with Gasteiger partial charge in [0.05, 0.1) is 4.90 Å². The summed E-state index contributed by atoms with van der Waals surface area (Å²) in [6.07, 6.45) is 2.79. The molecule has 1 aliphatic rings. The smallest absolute Gasteiger partial charge is 0.251 e. The Labute approximate surface area is 123 Å². The van der Waals surface area contributed by atoms with Gasteiger partial charge in [0, 0.05) is 17.2 Å². The minimum atomic E-state index is -4.07. The first-order chi connectivity index (χ1) is 9.68. The summed E-state index contributed by atoms with van der Waals surface area (Å²) in [5, 5.41) is 7.86. The number of hydrogen-bond donors (Lipinski definition) is 2. The zero-order valence-electron chi connectivity index (χ0n) is 12.0. The van der Waals surface area contributed by atoms with Crippen LogP contribution in [0.1, 0.15) is 42.1 Å². The molecule has 0 aliphatic heterocycles. The summed E-state index contributed by atoms with van der Waals surface area (Å²) in [6.45, 7) is 3.42. The third-order valence-electron chi connectivity index (χ3n) is 3.90. The van der Waals surface area contributed by atoms with Gasteiger partial charge < -0.3 is 5.32 Å². The average Bonchev–Trinajstić information content (AvgIpc) is 2.76. The van der Waals surface area contributed by atoms with Gasteiger partial charge in [-0.05, 0) is 44.2 Å². The first-order valence-corrected chi connectivity index (χ1v) is 8.37. The monoisotopic (exact) mass is 314 g/mol. The van der Waals surface area contributed by atoms with Crippen molar-refractivity contribution in [3.63, 3.8) is 0 Å². The van der Waals surface area contributed by atoms with Crippen LogP contribution in [0.5, 0.6) is 0 Å². The number of primary sulfonamides is 1. The molecule has 21 heavy (non-hydrogen) atoms. The van der Waals surface area contributed by atoms with Crippen LogP contribution in [0.3, 0.4) is 0 Å². The van der Waals surface area contributed by atoms with E-state index in [4.69, 9.17) is 5.14 Å². The largest absolute Gasteiger partial charge is 0.349 e. The second-order valence-electron chi connectivity index (χ2n) is 5.71. The average molecular weight is 314 g/mol. The third kappa shape index (κ3) is 3.59. The lowest BCUT2D eigenvalue weighted by molar-refractivity contribution is 0.0936. The lowest BCUT2D eigenvalue weighted by Crippen LogP contribution is -2.33. The molecule has 0 heterocycles. The topological polar surface area (TPSA) is 89.3 Å². The van der Waals surface area contributed by atoms with Gasteiger partial charge in [0.15, 0.2) is 0 Å². The standard InChI is InChI=1S/C14H19FN2O3S/c1-8-3-4-11(5-8)17-14(18)10-6-12(15)9(2)13(7-10)21(16,19)20/h6-8,11H,3-5H2,1-2H3,(H,17,18)(H2,16,19,20). The van der Waals surface area contributed by atoms with E-state index >= 15 is 0 Å². The highest BCUT2D eigenvalue weighted by Crippen LogP contribution is 2.25. The highest BCUT2D eigenvalue weighted by atomic mass is 32.2. The fraction of sp³-hybridized carbons (Fsp3) is 0.500. The maximum absolute atomic E-state index is 13.8. The molecular weight excluding hydrogens is 295 g/mol. The SMILES string of the molecule is Cc1c(F)cc(C(=O)NC2CCC(C)C2)cc1S(N)(=O)=O. The van der Waals surface area contributed by atoms with Crippen LogP contribution >= 0.6 is 0 Å². The molecule has 1 amide bonds. The van der Waals surface area contributed by atoms with Gasteiger partial charge in [-0.2, -0.15) is 0 Å². The van der Waals surface area contributed by atoms with Crippen LogP contribution in [0.4, 0.5) is 4.39 Å². The molecule has 1 aromatic carbocycles. The highest BCUT2D eigenvalue weighted by Gasteiger charge is 2.24. The van der Waals surface area contributed by atoms with Gasteiger partial charge in [0.2, 0.25) is 10.0 Å². The normalized spacial score (nSPS) is 22.3. The van der Waals surface area contributed by atoms with E-state index in [1.54, 1.807) is 0 Å². The molecule has 116 valence electrons. The van der Waals surface area contributed by atoms with E-state index in [9.17, 15) is 17.6 Å². The summed E-state index contributed by atoms with van der Waals surface area (Å²) in [7, 11) is -4.07. The predicted molar refractivity (Wildman–Crippen MR) is 76.8 cm³/mol. The number of rotatable bonds is 3. The van der Waals surface area contributed by atoms with Crippen LogP contribution in [-0.4, -0.2) is 20.4 Å². The Bertz CT molecular complexity index is 673. The summed E-state index contributed by atoms with van der Waals surface area (Å²) >= 11 is 0. The zero-order valence-corrected chi connectivity index (χ0v) is 12.8. The van der Waals surface area contributed by atoms with E-state index in [1.165, 1.54) is 6.92 Å². The van der Waals surface area contributed by atoms with E-state index in [0.29, 0.717) is 5.92 Å². The van der Waals surface area contributed by atoms with Crippen LogP contribution in [0.2, 0.25) is 0 Å². The summed E-state index contributed by atoms with van der Waals surface area (Å²) in [4.78, 5) is 11.8. The van der Waals surface area contributed by atoms with Crippen molar-refractivity contribution < 1.29 is 17.6 Å². The molecule has 0 radical (unpaired) electrons. The lowest BCUT2D eigenvalue weighted by atomic mass is 10.1. The number of halogens is 1. The first-order valence-electron chi connectivity index (χ1n) is 6.82. The Kier molecular flexibility index (Phi) is 4.34. The minimum Gasteiger partial charge on any atom is -0.349 e. The van der Waals surface area contributed by atoms with Crippen LogP contribution in [-0.2, 0) is 10.0 Å². The van der Waals surface area contributed by atoms with Gasteiger partial charge in [-0.3, -0.25) is 4.79 Å². The molecular formula is C14H19FN2O3S. The van der Waals surface area contributed by atoms with Gasteiger partial charge in [-0.25, -0.2) is 17.9 Å². The summed E-state index contributed by atoms with van der Waals surface area (Å²) in [5.74, 6) is -0.686. The molecule has 0 aromatic heterocycles. The van der Waals surface area contributed by atoms with E-state index in [-0.39, 0.29) is 22.1 Å². The van der Waals surface area contributed by atoms with E-state index in [0.717, 1.165) is 31.4 Å². The minimum absolute atomic E-state index is 0.0262. The maximum Gasteiger partial charge on any atom is 0.251 e. The number of carbonyl (C=O) groups is 1. The number of benzene rings is 1. The second kappa shape index (κ2) is 5.73. The number of sulfonamides is 1. The zero-order chi connectivity index (χ0) is 15.8. The molecule has 0 spiro atoms. The molecule has 0 bridgehead atoms. The Balaban J connectivity index is 2.28. The van der Waals surface area contributed by atoms with Crippen LogP contribution < -0.4 is 10.5 Å². The van der Waals surface area contributed by atoms with Crippen LogP contribution in [0, 0.1) is 18.7 Å². The maximum atomic E-state index is 13.8. The molecule has 0 saturated heterocycles. The van der Waals surface area contributed by atoms with E-state index in [1.807, 2.05) is 0 Å². The molecule has 2 atom stereocenters. The van der Waals surface area contributed by atoms with Crippen molar-refractivity contribution in [1.82, 2.24) is 5.32 Å². The molecule has 2 unspecified atom stereocenters. The number of nitrogens with one attached hydrogen (secondary N) is 1. The third-order valence-corrected chi connectivity index (χ3v) is 4.93. The van der Waals surface area contributed by atoms with Crippen molar-refractivity contribution in [1.29, 1.82) is 0 Å². The molecule has 7 heteroatoms. The lowest BCUT2D eigenvalue weighted by Gasteiger charge is -2.14. The quantitative estimate of drug-likeness (QED) is 0.890. The van der Waals surface area contributed by atoms with Gasteiger partial charge >= 0.3 is 0 Å². The van der Waals surface area contributed by atoms with Gasteiger partial charge in [-0.1, -0.05) is 6.92 Å². The number of carbonyl (C=O) groups excluding carboxylic acids is 1. The van der Waals surface area contributed by atoms with Crippen molar-refractivity contribution in [3.8, 4) is 0 Å². The second-order valence-corrected chi connectivity index (χ2v) is 7.24. The molecule has 2 rings (SSSR count). The van der Waals surface area contributed by atoms with Crippen LogP contribution in [0.25, 0.3) is 0 Å². The van der Waals surface area contributed by atoms with E-state index in [2.05, 4.69) is 12.2 Å². The molecule has 1 aliphatic carbocycles. The highest BCUT2D eigenvalue weighted by molar-refractivity contribution is 7.89. The Morgan fingerprint density at radius 3 is 2.57 bits per heavy atom. The van der Waals surface area contributed by atoms with Crippen molar-refractivity contribution >= 4 is 15.9 Å². The number of amides is 1. The molecule has 5 nitrogen and oxygen atoms in total. The van der Waals surface area contributed by atoms with Gasteiger partial charge in [-0.15, -0.1) is 0 Å². The Morgan fingerprint density at radius 2 is 2.05 bits per heavy atom. The van der Waals surface area contributed by atoms with Crippen molar-refractivity contribution in [2.75, 3.05) is 0 Å². The predicted octanol–water partition coefficient (Wildman–Crippen LogP) is 1.70. The Hall–Kier alpha value is -1.47. The molecule has 1 saturated carbocycles. The van der Waals surface area contributed by atoms with Crippen molar-refractivity contribution in [3.05, 3.63) is 29.1 Å². The Morgan fingerprint density at radius 1 is 1.38 bits per heavy atom. The van der Waals surface area contributed by atoms with Crippen molar-refractivity contribution in [2.24, 2.45) is 11.1 Å². The van der Waals surface area contributed by atoms with Crippen LogP contribution in [0.15, 0.2) is 17.0 Å². The summed E-state index contributed by atoms with van der Waals surface area (Å²) in [5.41, 5.74) is -0.106. The number of nitrogens with two attached hydrogens (primary N) is 1. The first kappa shape index (κ1) is 15.9. The van der Waals surface area contributed by atoms with Gasteiger partial charge in [0.25, 0.3) is 5.91 Å². The number of hydrogen-bond acceptors (Lipinski definition) is 3. The fourth-order valence-electron chi connectivity index (χ4n) is 2.69. The fourth-order valence-corrected chi connectivity index (χ4v) is 3.50. The van der Waals surface area contributed by atoms with Crippen molar-refractivity contribution in [2.45, 2.75) is 44.0 Å². The van der Waals surface area contributed by atoms with Gasteiger partial charge in [0.1, 0.15) is 5.82 Å². The molecule has 3 N–H and O–H groups in total. The summed E-state index contributed by atoms with van der Waals surface area (Å²) < 4.78 is 36.7.